The van der Waals surface area contributed by atoms with Gasteiger partial charge in [0, 0.05) is 5.69 Å². The molecule has 1 aromatic heterocycles. The van der Waals surface area contributed by atoms with Gasteiger partial charge >= 0.3 is 0 Å². The number of aromatic nitrogens is 2. The maximum atomic E-state index is 12.8. The fraction of sp³-hybridized carbons (Fsp3) is 0.211. The van der Waals surface area contributed by atoms with E-state index in [1.54, 1.807) is 29.4 Å². The van der Waals surface area contributed by atoms with E-state index in [1.807, 2.05) is 19.1 Å². The van der Waals surface area contributed by atoms with Gasteiger partial charge in [-0.3, -0.25) is 14.5 Å². The zero-order chi connectivity index (χ0) is 19.3. The number of anilines is 1. The van der Waals surface area contributed by atoms with Crippen LogP contribution in [0.3, 0.4) is 0 Å². The number of nitrogens with zero attached hydrogens (tertiary/aromatic N) is 2. The Morgan fingerprint density at radius 3 is 2.56 bits per heavy atom. The van der Waals surface area contributed by atoms with Crippen LogP contribution in [0.15, 0.2) is 45.6 Å². The number of rotatable bonds is 3. The highest BCUT2D eigenvalue weighted by molar-refractivity contribution is 9.11. The summed E-state index contributed by atoms with van der Waals surface area (Å²) in [5.41, 5.74) is 2.98. The van der Waals surface area contributed by atoms with Gasteiger partial charge in [0.25, 0.3) is 5.91 Å². The summed E-state index contributed by atoms with van der Waals surface area (Å²) in [5, 5.41) is 10.0. The summed E-state index contributed by atoms with van der Waals surface area (Å²) in [4.78, 5) is 34.3. The van der Waals surface area contributed by atoms with Crippen LogP contribution in [-0.2, 0) is 9.59 Å². The molecule has 2 unspecified atom stereocenters. The van der Waals surface area contributed by atoms with Gasteiger partial charge in [0.05, 0.1) is 38.3 Å². The third-order valence-electron chi connectivity index (χ3n) is 4.93. The number of hydrogen-bond donors (Lipinski definition) is 2. The van der Waals surface area contributed by atoms with Gasteiger partial charge in [-0.05, 0) is 74.2 Å². The number of hydrogen-bond acceptors (Lipinski definition) is 4. The van der Waals surface area contributed by atoms with Crippen molar-refractivity contribution in [2.24, 2.45) is 5.92 Å². The van der Waals surface area contributed by atoms with Crippen LogP contribution in [-0.4, -0.2) is 26.8 Å². The Morgan fingerprint density at radius 1 is 1.19 bits per heavy atom. The number of carbonyl (C=O) groups is 2. The Balaban J connectivity index is 1.89. The van der Waals surface area contributed by atoms with E-state index in [4.69, 9.17) is 0 Å². The van der Waals surface area contributed by atoms with E-state index in [0.717, 1.165) is 16.6 Å². The molecule has 2 N–H and O–H groups in total. The van der Waals surface area contributed by atoms with Crippen LogP contribution in [0.2, 0.25) is 0 Å². The molecule has 6 nitrogen and oxygen atoms in total. The first kappa shape index (κ1) is 18.2. The smallest absolute Gasteiger partial charge is 0.295 e. The second-order valence-electron chi connectivity index (χ2n) is 6.44. The molecule has 2 atom stereocenters. The SMILES string of the molecule is CCC1C(=O)C(=O)N(c2ccc3nc[nH]c3c2)C1c1cc(Br)c(O)c(Br)c1. The van der Waals surface area contributed by atoms with Crippen LogP contribution >= 0.6 is 31.9 Å². The molecule has 1 amide bonds. The van der Waals surface area contributed by atoms with Crippen LogP contribution in [0.1, 0.15) is 24.9 Å². The molecule has 0 aliphatic carbocycles. The summed E-state index contributed by atoms with van der Waals surface area (Å²) in [6.07, 6.45) is 2.13. The van der Waals surface area contributed by atoms with Crippen molar-refractivity contribution in [2.75, 3.05) is 4.90 Å². The van der Waals surface area contributed by atoms with Crippen LogP contribution < -0.4 is 4.90 Å². The number of phenolic OH excluding ortho intramolecular Hbond substituents is 1. The number of phenols is 1. The second-order valence-corrected chi connectivity index (χ2v) is 8.14. The molecule has 3 aromatic rings. The highest BCUT2D eigenvalue weighted by Gasteiger charge is 2.48. The first-order chi connectivity index (χ1) is 12.9. The molecule has 1 saturated heterocycles. The Bertz CT molecular complexity index is 1060. The molecule has 2 aromatic carbocycles. The number of carbonyl (C=O) groups excluding carboxylic acids is 2. The summed E-state index contributed by atoms with van der Waals surface area (Å²) >= 11 is 6.68. The fourth-order valence-electron chi connectivity index (χ4n) is 3.62. The predicted molar refractivity (Wildman–Crippen MR) is 109 cm³/mol. The number of benzene rings is 2. The Kier molecular flexibility index (Phi) is 4.55. The summed E-state index contributed by atoms with van der Waals surface area (Å²) in [5.74, 6) is -1.30. The molecular weight excluding hydrogens is 478 g/mol. The zero-order valence-corrected chi connectivity index (χ0v) is 17.4. The Morgan fingerprint density at radius 2 is 1.89 bits per heavy atom. The molecule has 0 spiro atoms. The van der Waals surface area contributed by atoms with E-state index in [0.29, 0.717) is 21.1 Å². The first-order valence-electron chi connectivity index (χ1n) is 8.40. The van der Waals surface area contributed by atoms with Crippen LogP contribution in [0, 0.1) is 5.92 Å². The van der Waals surface area contributed by atoms with Gasteiger partial charge in [-0.2, -0.15) is 0 Å². The average Bonchev–Trinajstić information content (AvgIpc) is 3.21. The van der Waals surface area contributed by atoms with Crippen molar-refractivity contribution in [2.45, 2.75) is 19.4 Å². The van der Waals surface area contributed by atoms with Gasteiger partial charge in [-0.15, -0.1) is 0 Å². The first-order valence-corrected chi connectivity index (χ1v) is 9.99. The van der Waals surface area contributed by atoms with Crippen molar-refractivity contribution in [3.05, 3.63) is 51.2 Å². The maximum absolute atomic E-state index is 12.8. The molecule has 0 saturated carbocycles. The Hall–Kier alpha value is -2.19. The number of halogens is 2. The van der Waals surface area contributed by atoms with E-state index in [9.17, 15) is 14.7 Å². The lowest BCUT2D eigenvalue weighted by atomic mass is 9.90. The number of fused-ring (bicyclic) bond motifs is 1. The normalized spacial score (nSPS) is 20.0. The number of H-pyrrole nitrogens is 1. The molecule has 1 aliphatic rings. The molecule has 1 fully saturated rings. The molecule has 1 aliphatic heterocycles. The number of Topliss-reactive ketones (excluding diaryl/α,β-unsaturated/α-hetero) is 1. The fourth-order valence-corrected chi connectivity index (χ4v) is 4.85. The molecule has 8 heteroatoms. The van der Waals surface area contributed by atoms with Gasteiger partial charge in [-0.1, -0.05) is 6.92 Å². The van der Waals surface area contributed by atoms with E-state index < -0.39 is 23.7 Å². The molecule has 0 radical (unpaired) electrons. The van der Waals surface area contributed by atoms with E-state index in [1.165, 1.54) is 0 Å². The number of nitrogens with one attached hydrogen (secondary N) is 1. The lowest BCUT2D eigenvalue weighted by molar-refractivity contribution is -0.135. The molecular formula is C19H15Br2N3O3. The van der Waals surface area contributed by atoms with E-state index in [2.05, 4.69) is 41.8 Å². The van der Waals surface area contributed by atoms with Crippen molar-refractivity contribution in [3.63, 3.8) is 0 Å². The van der Waals surface area contributed by atoms with Crippen molar-refractivity contribution in [1.82, 2.24) is 9.97 Å². The molecule has 138 valence electrons. The highest BCUT2D eigenvalue weighted by atomic mass is 79.9. The van der Waals surface area contributed by atoms with Crippen LogP contribution in [0.25, 0.3) is 11.0 Å². The van der Waals surface area contributed by atoms with Crippen molar-refractivity contribution in [1.29, 1.82) is 0 Å². The van der Waals surface area contributed by atoms with Gasteiger partial charge < -0.3 is 10.1 Å². The minimum Gasteiger partial charge on any atom is -0.506 e. The van der Waals surface area contributed by atoms with E-state index in [-0.39, 0.29) is 5.75 Å². The summed E-state index contributed by atoms with van der Waals surface area (Å²) in [6.45, 7) is 1.90. The molecule has 0 bridgehead atoms. The Labute approximate surface area is 171 Å². The highest BCUT2D eigenvalue weighted by Crippen LogP contribution is 2.44. The number of ketones is 1. The molecule has 4 rings (SSSR count). The van der Waals surface area contributed by atoms with Gasteiger partial charge in [-0.25, -0.2) is 4.98 Å². The van der Waals surface area contributed by atoms with Gasteiger partial charge in [0.2, 0.25) is 5.78 Å². The lowest BCUT2D eigenvalue weighted by Gasteiger charge is -2.28. The third kappa shape index (κ3) is 2.87. The largest absolute Gasteiger partial charge is 0.506 e. The van der Waals surface area contributed by atoms with E-state index >= 15 is 0 Å². The predicted octanol–water partition coefficient (Wildman–Crippen LogP) is 4.48. The topological polar surface area (TPSA) is 86.3 Å². The van der Waals surface area contributed by atoms with Crippen molar-refractivity contribution >= 4 is 60.3 Å². The van der Waals surface area contributed by atoms with Crippen LogP contribution in [0.4, 0.5) is 5.69 Å². The minimum absolute atomic E-state index is 0.0767. The summed E-state index contributed by atoms with van der Waals surface area (Å²) in [7, 11) is 0. The number of aromatic amines is 1. The molecule has 27 heavy (non-hydrogen) atoms. The van der Waals surface area contributed by atoms with Gasteiger partial charge in [0.15, 0.2) is 0 Å². The van der Waals surface area contributed by atoms with Crippen LogP contribution in [0.5, 0.6) is 5.75 Å². The van der Waals surface area contributed by atoms with Crippen molar-refractivity contribution in [3.8, 4) is 5.75 Å². The number of imidazole rings is 1. The van der Waals surface area contributed by atoms with Crippen molar-refractivity contribution < 1.29 is 14.7 Å². The standard InChI is InChI=1S/C19H15Br2N3O3/c1-2-11-16(9-5-12(20)18(26)13(21)6-9)24(19(27)17(11)25)10-3-4-14-15(7-10)23-8-22-14/h3-8,11,16,26H,2H2,1H3,(H,22,23). The quantitative estimate of drug-likeness (QED) is 0.528. The average molecular weight is 493 g/mol. The number of amides is 1. The lowest BCUT2D eigenvalue weighted by Crippen LogP contribution is -2.29. The summed E-state index contributed by atoms with van der Waals surface area (Å²) in [6, 6.07) is 8.48. The molecule has 2 heterocycles. The minimum atomic E-state index is -0.522. The summed E-state index contributed by atoms with van der Waals surface area (Å²) < 4.78 is 0.995. The second kappa shape index (κ2) is 6.76. The monoisotopic (exact) mass is 491 g/mol. The number of aromatic hydroxyl groups is 1. The van der Waals surface area contributed by atoms with Gasteiger partial charge in [0.1, 0.15) is 5.75 Å². The zero-order valence-electron chi connectivity index (χ0n) is 14.2. The maximum Gasteiger partial charge on any atom is 0.295 e. The third-order valence-corrected chi connectivity index (χ3v) is 6.14.